The first-order valence-electron chi connectivity index (χ1n) is 5.52. The fourth-order valence-corrected chi connectivity index (χ4v) is 1.75. The molecular weight excluding hydrogens is 280 g/mol. The highest BCUT2D eigenvalue weighted by molar-refractivity contribution is 5.85. The van der Waals surface area contributed by atoms with Crippen LogP contribution in [0.2, 0.25) is 0 Å². The van der Waals surface area contributed by atoms with Crippen LogP contribution in [-0.2, 0) is 0 Å². The van der Waals surface area contributed by atoms with Crippen molar-refractivity contribution in [2.45, 2.75) is 26.2 Å². The number of aliphatic hydroxyl groups excluding tert-OH is 1. The van der Waals surface area contributed by atoms with E-state index in [9.17, 15) is 13.9 Å². The fourth-order valence-electron chi connectivity index (χ4n) is 1.75. The van der Waals surface area contributed by atoms with E-state index in [0.717, 1.165) is 0 Å². The van der Waals surface area contributed by atoms with Crippen LogP contribution in [0.5, 0.6) is 11.5 Å². The zero-order valence-electron chi connectivity index (χ0n) is 10.5. The van der Waals surface area contributed by atoms with E-state index >= 15 is 0 Å². The van der Waals surface area contributed by atoms with Crippen LogP contribution in [0.1, 0.15) is 25.5 Å². The highest BCUT2D eigenvalue weighted by Gasteiger charge is 2.45. The largest absolute Gasteiger partial charge is 0.586 e. The molecule has 0 unspecified atom stereocenters. The molecule has 1 heterocycles. The molecule has 7 heteroatoms. The summed E-state index contributed by atoms with van der Waals surface area (Å²) in [7, 11) is 0. The lowest BCUT2D eigenvalue weighted by atomic mass is 9.81. The lowest BCUT2D eigenvalue weighted by Gasteiger charge is -2.30. The van der Waals surface area contributed by atoms with Crippen molar-refractivity contribution in [2.24, 2.45) is 11.1 Å². The Balaban J connectivity index is 0.00000180. The number of aliphatic hydroxyl groups is 1. The molecule has 0 aliphatic carbocycles. The number of alkyl halides is 2. The number of halogens is 3. The van der Waals surface area contributed by atoms with Gasteiger partial charge >= 0.3 is 6.29 Å². The van der Waals surface area contributed by atoms with Crippen molar-refractivity contribution in [3.8, 4) is 11.5 Å². The summed E-state index contributed by atoms with van der Waals surface area (Å²) >= 11 is 0. The lowest BCUT2D eigenvalue weighted by molar-refractivity contribution is -0.287. The molecule has 0 fully saturated rings. The second kappa shape index (κ2) is 5.11. The topological polar surface area (TPSA) is 64.7 Å². The van der Waals surface area contributed by atoms with Crippen LogP contribution in [0.4, 0.5) is 8.78 Å². The van der Waals surface area contributed by atoms with Gasteiger partial charge in [-0.2, -0.15) is 0 Å². The molecule has 108 valence electrons. The highest BCUT2D eigenvalue weighted by atomic mass is 35.5. The number of nitrogens with two attached hydrogens (primary N) is 1. The first-order chi connectivity index (χ1) is 8.27. The van der Waals surface area contributed by atoms with Crippen molar-refractivity contribution < 1.29 is 23.4 Å². The van der Waals surface area contributed by atoms with E-state index in [2.05, 4.69) is 9.47 Å². The summed E-state index contributed by atoms with van der Waals surface area (Å²) in [6.45, 7) is 3.31. The smallest absolute Gasteiger partial charge is 0.396 e. The number of benzene rings is 1. The molecule has 19 heavy (non-hydrogen) atoms. The van der Waals surface area contributed by atoms with Gasteiger partial charge < -0.3 is 20.3 Å². The monoisotopic (exact) mass is 295 g/mol. The molecule has 0 bridgehead atoms. The summed E-state index contributed by atoms with van der Waals surface area (Å²) < 4.78 is 34.9. The van der Waals surface area contributed by atoms with E-state index < -0.39 is 17.8 Å². The van der Waals surface area contributed by atoms with Crippen molar-refractivity contribution in [3.05, 3.63) is 23.8 Å². The van der Waals surface area contributed by atoms with E-state index in [1.54, 1.807) is 26.0 Å². The minimum Gasteiger partial charge on any atom is -0.396 e. The highest BCUT2D eigenvalue weighted by Crippen LogP contribution is 2.47. The van der Waals surface area contributed by atoms with Crippen molar-refractivity contribution in [1.82, 2.24) is 0 Å². The third-order valence-electron chi connectivity index (χ3n) is 3.04. The second-order valence-corrected chi connectivity index (χ2v) is 4.97. The third-order valence-corrected chi connectivity index (χ3v) is 3.04. The molecule has 0 amide bonds. The number of fused-ring (bicyclic) bond motifs is 1. The molecule has 1 atom stereocenters. The van der Waals surface area contributed by atoms with Gasteiger partial charge in [0.15, 0.2) is 11.5 Å². The normalized spacial score (nSPS) is 17.8. The maximum atomic E-state index is 13.0. The Morgan fingerprint density at radius 1 is 1.37 bits per heavy atom. The van der Waals surface area contributed by atoms with Crippen LogP contribution >= 0.6 is 12.4 Å². The Kier molecular flexibility index (Phi) is 4.29. The van der Waals surface area contributed by atoms with Gasteiger partial charge in [-0.3, -0.25) is 0 Å². The number of hydrogen-bond donors (Lipinski definition) is 2. The summed E-state index contributed by atoms with van der Waals surface area (Å²) in [4.78, 5) is 0. The molecule has 0 spiro atoms. The van der Waals surface area contributed by atoms with E-state index in [-0.39, 0.29) is 30.5 Å². The maximum absolute atomic E-state index is 13.0. The molecule has 0 aromatic heterocycles. The Hall–Kier alpha value is -1.11. The average molecular weight is 296 g/mol. The second-order valence-electron chi connectivity index (χ2n) is 4.97. The third kappa shape index (κ3) is 2.91. The number of ether oxygens (including phenoxy) is 2. The SMILES string of the molecule is CC(C)(CO)[C@@H](N)c1cccc2c1OC(F)(F)O2.Cl. The van der Waals surface area contributed by atoms with Crippen LogP contribution in [0.15, 0.2) is 18.2 Å². The summed E-state index contributed by atoms with van der Waals surface area (Å²) in [6.07, 6.45) is -3.67. The summed E-state index contributed by atoms with van der Waals surface area (Å²) in [5, 5.41) is 9.28. The van der Waals surface area contributed by atoms with Gasteiger partial charge in [0, 0.05) is 23.6 Å². The van der Waals surface area contributed by atoms with Gasteiger partial charge in [0.1, 0.15) is 0 Å². The fraction of sp³-hybridized carbons (Fsp3) is 0.500. The van der Waals surface area contributed by atoms with Gasteiger partial charge in [-0.15, -0.1) is 21.2 Å². The molecule has 3 N–H and O–H groups in total. The minimum atomic E-state index is -3.67. The Morgan fingerprint density at radius 3 is 2.58 bits per heavy atom. The first kappa shape index (κ1) is 15.9. The number of para-hydroxylation sites is 1. The van der Waals surface area contributed by atoms with Gasteiger partial charge in [0.25, 0.3) is 0 Å². The van der Waals surface area contributed by atoms with Crippen LogP contribution < -0.4 is 15.2 Å². The van der Waals surface area contributed by atoms with E-state index in [4.69, 9.17) is 5.73 Å². The van der Waals surface area contributed by atoms with Crippen LogP contribution in [0.25, 0.3) is 0 Å². The first-order valence-corrected chi connectivity index (χ1v) is 5.52. The molecule has 0 saturated carbocycles. The molecule has 2 rings (SSSR count). The van der Waals surface area contributed by atoms with Gasteiger partial charge in [0.2, 0.25) is 0 Å². The minimum absolute atomic E-state index is 0. The van der Waals surface area contributed by atoms with Crippen LogP contribution in [0, 0.1) is 5.41 Å². The number of hydrogen-bond acceptors (Lipinski definition) is 4. The zero-order valence-corrected chi connectivity index (χ0v) is 11.3. The van der Waals surface area contributed by atoms with Gasteiger partial charge in [-0.05, 0) is 6.07 Å². The van der Waals surface area contributed by atoms with Gasteiger partial charge in [-0.1, -0.05) is 26.0 Å². The average Bonchev–Trinajstić information content (AvgIpc) is 2.61. The van der Waals surface area contributed by atoms with E-state index in [0.29, 0.717) is 5.56 Å². The predicted molar refractivity (Wildman–Crippen MR) is 67.7 cm³/mol. The molecule has 0 saturated heterocycles. The zero-order chi connectivity index (χ0) is 13.6. The van der Waals surface area contributed by atoms with Gasteiger partial charge in [-0.25, -0.2) is 0 Å². The molecule has 1 aromatic rings. The Morgan fingerprint density at radius 2 is 2.00 bits per heavy atom. The van der Waals surface area contributed by atoms with Crippen molar-refractivity contribution in [2.75, 3.05) is 6.61 Å². The maximum Gasteiger partial charge on any atom is 0.586 e. The van der Waals surface area contributed by atoms with Gasteiger partial charge in [0.05, 0.1) is 0 Å². The van der Waals surface area contributed by atoms with Crippen molar-refractivity contribution in [1.29, 1.82) is 0 Å². The van der Waals surface area contributed by atoms with Crippen LogP contribution in [-0.4, -0.2) is 18.0 Å². The summed E-state index contributed by atoms with van der Waals surface area (Å²) in [5.74, 6) is -0.0989. The number of rotatable bonds is 3. The lowest BCUT2D eigenvalue weighted by Crippen LogP contribution is -2.33. The van der Waals surface area contributed by atoms with Crippen molar-refractivity contribution >= 4 is 12.4 Å². The van der Waals surface area contributed by atoms with Crippen LogP contribution in [0.3, 0.4) is 0 Å². The van der Waals surface area contributed by atoms with Crippen molar-refractivity contribution in [3.63, 3.8) is 0 Å². The molecular formula is C12H16ClF2NO3. The molecule has 0 radical (unpaired) electrons. The molecule has 1 aliphatic heterocycles. The van der Waals surface area contributed by atoms with E-state index in [1.165, 1.54) is 6.07 Å². The summed E-state index contributed by atoms with van der Waals surface area (Å²) in [6, 6.07) is 3.89. The predicted octanol–water partition coefficient (Wildman–Crippen LogP) is 2.45. The Bertz CT molecular complexity index is 468. The molecule has 1 aromatic carbocycles. The molecule has 4 nitrogen and oxygen atoms in total. The van der Waals surface area contributed by atoms with E-state index in [1.807, 2.05) is 0 Å². The Labute approximate surface area is 115 Å². The standard InChI is InChI=1S/C12H15F2NO3.ClH/c1-11(2,6-16)10(15)7-4-3-5-8-9(7)18-12(13,14)17-8;/h3-5,10,16H,6,15H2,1-2H3;1H/t10-;/m0./s1. The molecule has 1 aliphatic rings. The summed E-state index contributed by atoms with van der Waals surface area (Å²) in [5.41, 5.74) is 5.74. The quantitative estimate of drug-likeness (QED) is 0.899.